The van der Waals surface area contributed by atoms with Crippen LogP contribution >= 0.6 is 0 Å². The van der Waals surface area contributed by atoms with Crippen molar-refractivity contribution in [1.82, 2.24) is 15.1 Å². The van der Waals surface area contributed by atoms with Crippen molar-refractivity contribution in [3.05, 3.63) is 66.1 Å². The van der Waals surface area contributed by atoms with Crippen LogP contribution in [0.15, 0.2) is 64.2 Å². The van der Waals surface area contributed by atoms with E-state index in [1.54, 1.807) is 13.4 Å². The molecule has 1 saturated heterocycles. The molecule has 0 radical (unpaired) electrons. The number of nitrogens with one attached hydrogen (secondary N) is 1. The van der Waals surface area contributed by atoms with Gasteiger partial charge in [0.05, 0.1) is 13.4 Å². The van der Waals surface area contributed by atoms with E-state index in [0.717, 1.165) is 69.6 Å². The van der Waals surface area contributed by atoms with Gasteiger partial charge in [-0.2, -0.15) is 0 Å². The predicted molar refractivity (Wildman–Crippen MR) is 120 cm³/mol. The third-order valence-corrected chi connectivity index (χ3v) is 5.88. The summed E-state index contributed by atoms with van der Waals surface area (Å²) < 4.78 is 10.7. The van der Waals surface area contributed by atoms with Crippen molar-refractivity contribution >= 4 is 5.96 Å². The summed E-state index contributed by atoms with van der Waals surface area (Å²) in [5, 5.41) is 3.61. The SMILES string of the molecule is COc1ccc(CCNC(=NCCc2ccco2)N2CCC(N3CC=CC3)C2)cc1. The summed E-state index contributed by atoms with van der Waals surface area (Å²) in [6, 6.07) is 12.8. The van der Waals surface area contributed by atoms with Crippen molar-refractivity contribution in [2.75, 3.05) is 46.4 Å². The molecular weight excluding hydrogens is 376 g/mol. The zero-order chi connectivity index (χ0) is 20.6. The molecule has 1 aromatic heterocycles. The molecule has 2 aliphatic heterocycles. The van der Waals surface area contributed by atoms with E-state index < -0.39 is 0 Å². The van der Waals surface area contributed by atoms with E-state index in [4.69, 9.17) is 14.1 Å². The number of hydrogen-bond donors (Lipinski definition) is 1. The number of rotatable bonds is 8. The second-order valence-corrected chi connectivity index (χ2v) is 7.87. The van der Waals surface area contributed by atoms with Crippen LogP contribution in [0.3, 0.4) is 0 Å². The highest BCUT2D eigenvalue weighted by Gasteiger charge is 2.29. The van der Waals surface area contributed by atoms with Crippen molar-refractivity contribution in [1.29, 1.82) is 0 Å². The average molecular weight is 409 g/mol. The van der Waals surface area contributed by atoms with Gasteiger partial charge in [0.1, 0.15) is 11.5 Å². The lowest BCUT2D eigenvalue weighted by atomic mass is 10.1. The normalized spacial score (nSPS) is 19.6. The zero-order valence-corrected chi connectivity index (χ0v) is 17.8. The highest BCUT2D eigenvalue weighted by Crippen LogP contribution is 2.18. The number of furan rings is 1. The molecule has 1 N–H and O–H groups in total. The molecule has 0 spiro atoms. The van der Waals surface area contributed by atoms with Gasteiger partial charge in [0.2, 0.25) is 0 Å². The van der Waals surface area contributed by atoms with Gasteiger partial charge in [-0.3, -0.25) is 9.89 Å². The van der Waals surface area contributed by atoms with E-state index in [9.17, 15) is 0 Å². The first-order chi connectivity index (χ1) is 14.8. The maximum absolute atomic E-state index is 5.46. The number of nitrogens with zero attached hydrogens (tertiary/aromatic N) is 3. The standard InChI is InChI=1S/C24H32N4O2/c1-29-22-8-6-20(7-9-22)10-13-25-24(26-14-11-23-5-4-18-30-23)28-17-12-21(19-28)27-15-2-3-16-27/h2-9,18,21H,10-17,19H2,1H3,(H,25,26). The molecule has 0 bridgehead atoms. The van der Waals surface area contributed by atoms with Crippen LogP contribution < -0.4 is 10.1 Å². The van der Waals surface area contributed by atoms with Gasteiger partial charge in [0.25, 0.3) is 0 Å². The van der Waals surface area contributed by atoms with E-state index in [1.165, 1.54) is 12.0 Å². The molecule has 4 rings (SSSR count). The number of ether oxygens (including phenoxy) is 1. The smallest absolute Gasteiger partial charge is 0.194 e. The second kappa shape index (κ2) is 10.3. The fourth-order valence-electron chi connectivity index (χ4n) is 4.13. The van der Waals surface area contributed by atoms with Gasteiger partial charge in [-0.15, -0.1) is 0 Å². The Bertz CT molecular complexity index is 821. The van der Waals surface area contributed by atoms with E-state index in [1.807, 2.05) is 24.3 Å². The van der Waals surface area contributed by atoms with Gasteiger partial charge in [-0.25, -0.2) is 0 Å². The summed E-state index contributed by atoms with van der Waals surface area (Å²) in [5.74, 6) is 2.90. The first-order valence-corrected chi connectivity index (χ1v) is 10.9. The number of hydrogen-bond acceptors (Lipinski definition) is 4. The quantitative estimate of drug-likeness (QED) is 0.413. The summed E-state index contributed by atoms with van der Waals surface area (Å²) in [6.07, 6.45) is 9.24. The predicted octanol–water partition coefficient (Wildman–Crippen LogP) is 2.97. The van der Waals surface area contributed by atoms with E-state index in [-0.39, 0.29) is 0 Å². The molecule has 160 valence electrons. The van der Waals surface area contributed by atoms with Gasteiger partial charge in [0.15, 0.2) is 5.96 Å². The lowest BCUT2D eigenvalue weighted by Gasteiger charge is -2.25. The summed E-state index contributed by atoms with van der Waals surface area (Å²) in [4.78, 5) is 9.89. The van der Waals surface area contributed by atoms with Crippen LogP contribution in [-0.4, -0.2) is 68.2 Å². The van der Waals surface area contributed by atoms with Crippen LogP contribution in [0.2, 0.25) is 0 Å². The van der Waals surface area contributed by atoms with Crippen molar-refractivity contribution in [2.24, 2.45) is 4.99 Å². The minimum Gasteiger partial charge on any atom is -0.497 e. The molecule has 1 atom stereocenters. The third kappa shape index (κ3) is 5.45. The average Bonchev–Trinajstić information content (AvgIpc) is 3.55. The van der Waals surface area contributed by atoms with Crippen molar-refractivity contribution in [2.45, 2.75) is 25.3 Å². The fourth-order valence-corrected chi connectivity index (χ4v) is 4.13. The largest absolute Gasteiger partial charge is 0.497 e. The first kappa shape index (κ1) is 20.5. The highest BCUT2D eigenvalue weighted by molar-refractivity contribution is 5.80. The number of methoxy groups -OCH3 is 1. The van der Waals surface area contributed by atoms with Gasteiger partial charge in [-0.1, -0.05) is 24.3 Å². The molecule has 3 heterocycles. The molecule has 6 heteroatoms. The zero-order valence-electron chi connectivity index (χ0n) is 17.8. The fraction of sp³-hybridized carbons (Fsp3) is 0.458. The third-order valence-electron chi connectivity index (χ3n) is 5.88. The first-order valence-electron chi connectivity index (χ1n) is 10.9. The Morgan fingerprint density at radius 2 is 2.00 bits per heavy atom. The number of benzene rings is 1. The molecule has 1 aromatic carbocycles. The van der Waals surface area contributed by atoms with Crippen molar-refractivity contribution in [3.63, 3.8) is 0 Å². The number of likely N-dealkylation sites (tertiary alicyclic amines) is 1. The van der Waals surface area contributed by atoms with Crippen LogP contribution in [0.4, 0.5) is 0 Å². The Morgan fingerprint density at radius 1 is 1.17 bits per heavy atom. The number of guanidine groups is 1. The monoisotopic (exact) mass is 408 g/mol. The molecular formula is C24H32N4O2. The molecule has 2 aliphatic rings. The van der Waals surface area contributed by atoms with Crippen LogP contribution in [0.5, 0.6) is 5.75 Å². The lowest BCUT2D eigenvalue weighted by molar-refractivity contribution is 0.259. The molecule has 0 aliphatic carbocycles. The molecule has 1 fully saturated rings. The summed E-state index contributed by atoms with van der Waals surface area (Å²) in [7, 11) is 1.70. The van der Waals surface area contributed by atoms with Crippen LogP contribution in [0.1, 0.15) is 17.7 Å². The van der Waals surface area contributed by atoms with Crippen LogP contribution in [0.25, 0.3) is 0 Å². The molecule has 2 aromatic rings. The van der Waals surface area contributed by atoms with Crippen LogP contribution in [0, 0.1) is 0 Å². The molecule has 0 saturated carbocycles. The Morgan fingerprint density at radius 3 is 2.73 bits per heavy atom. The Hall–Kier alpha value is -2.73. The van der Waals surface area contributed by atoms with E-state index in [0.29, 0.717) is 6.04 Å². The maximum atomic E-state index is 5.46. The maximum Gasteiger partial charge on any atom is 0.194 e. The summed E-state index contributed by atoms with van der Waals surface area (Å²) in [5.41, 5.74) is 1.29. The highest BCUT2D eigenvalue weighted by atomic mass is 16.5. The lowest BCUT2D eigenvalue weighted by Crippen LogP contribution is -2.43. The van der Waals surface area contributed by atoms with Gasteiger partial charge in [-0.05, 0) is 42.7 Å². The molecule has 1 unspecified atom stereocenters. The Labute approximate surface area is 179 Å². The molecule has 30 heavy (non-hydrogen) atoms. The Kier molecular flexibility index (Phi) is 7.08. The van der Waals surface area contributed by atoms with Gasteiger partial charge < -0.3 is 19.4 Å². The molecule has 6 nitrogen and oxygen atoms in total. The van der Waals surface area contributed by atoms with E-state index >= 15 is 0 Å². The van der Waals surface area contributed by atoms with E-state index in [2.05, 4.69) is 39.4 Å². The molecule has 0 amide bonds. The Balaban J connectivity index is 1.33. The van der Waals surface area contributed by atoms with Crippen molar-refractivity contribution < 1.29 is 9.15 Å². The summed E-state index contributed by atoms with van der Waals surface area (Å²) >= 11 is 0. The topological polar surface area (TPSA) is 53.2 Å². The van der Waals surface area contributed by atoms with Crippen LogP contribution in [-0.2, 0) is 12.8 Å². The van der Waals surface area contributed by atoms with Gasteiger partial charge >= 0.3 is 0 Å². The second-order valence-electron chi connectivity index (χ2n) is 7.87. The minimum absolute atomic E-state index is 0.610. The van der Waals surface area contributed by atoms with Gasteiger partial charge in [0, 0.05) is 51.7 Å². The van der Waals surface area contributed by atoms with Crippen molar-refractivity contribution in [3.8, 4) is 5.75 Å². The number of aliphatic imine (C=N–C) groups is 1. The summed E-state index contributed by atoms with van der Waals surface area (Å²) in [6.45, 7) is 5.83. The minimum atomic E-state index is 0.610.